The van der Waals surface area contributed by atoms with Gasteiger partial charge in [-0.25, -0.2) is 4.79 Å². The number of nitrogens with zero attached hydrogens (tertiary/aromatic N) is 3. The molecule has 6 nitrogen and oxygen atoms in total. The van der Waals surface area contributed by atoms with E-state index in [2.05, 4.69) is 39.0 Å². The van der Waals surface area contributed by atoms with Crippen molar-refractivity contribution in [3.05, 3.63) is 17.8 Å². The third-order valence-electron chi connectivity index (χ3n) is 4.25. The number of ether oxygens (including phenoxy) is 1. The molecule has 128 valence electrons. The van der Waals surface area contributed by atoms with Crippen LogP contribution in [0.1, 0.15) is 50.0 Å². The van der Waals surface area contributed by atoms with Crippen LogP contribution in [0.5, 0.6) is 0 Å². The lowest BCUT2D eigenvalue weighted by molar-refractivity contribution is 0.0593. The largest absolute Gasteiger partial charge is 0.464 e. The molecule has 0 spiro atoms. The summed E-state index contributed by atoms with van der Waals surface area (Å²) < 4.78 is 4.62. The van der Waals surface area contributed by atoms with Crippen LogP contribution in [-0.4, -0.2) is 53.9 Å². The standard InChI is InChI=1S/C17H28N4O2/c1-13(2)5-4-10-21-11-8-14(9-12-21)18-16-7-6-15(19-20-16)17(22)23-3/h6-7,13-14H,4-5,8-12H2,1-3H3,(H,18,20). The Morgan fingerprint density at radius 1 is 1.35 bits per heavy atom. The normalized spacial score (nSPS) is 16.5. The Hall–Kier alpha value is -1.69. The molecule has 0 atom stereocenters. The van der Waals surface area contributed by atoms with Crippen molar-refractivity contribution in [2.24, 2.45) is 5.92 Å². The van der Waals surface area contributed by atoms with Crippen LogP contribution in [0.15, 0.2) is 12.1 Å². The zero-order chi connectivity index (χ0) is 16.7. The summed E-state index contributed by atoms with van der Waals surface area (Å²) in [4.78, 5) is 13.9. The maximum Gasteiger partial charge on any atom is 0.358 e. The van der Waals surface area contributed by atoms with E-state index in [-0.39, 0.29) is 5.69 Å². The number of rotatable bonds is 7. The van der Waals surface area contributed by atoms with E-state index >= 15 is 0 Å². The van der Waals surface area contributed by atoms with E-state index in [1.165, 1.54) is 26.5 Å². The second-order valence-electron chi connectivity index (χ2n) is 6.59. The average molecular weight is 320 g/mol. The summed E-state index contributed by atoms with van der Waals surface area (Å²) in [6, 6.07) is 3.85. The third-order valence-corrected chi connectivity index (χ3v) is 4.25. The van der Waals surface area contributed by atoms with E-state index in [0.717, 1.165) is 37.7 Å². The number of anilines is 1. The van der Waals surface area contributed by atoms with Crippen molar-refractivity contribution in [1.29, 1.82) is 0 Å². The molecule has 1 aromatic heterocycles. The monoisotopic (exact) mass is 320 g/mol. The quantitative estimate of drug-likeness (QED) is 0.779. The summed E-state index contributed by atoms with van der Waals surface area (Å²) in [5.74, 6) is 1.05. The number of methoxy groups -OCH3 is 1. The highest BCUT2D eigenvalue weighted by atomic mass is 16.5. The predicted molar refractivity (Wildman–Crippen MR) is 90.5 cm³/mol. The Labute approximate surface area is 138 Å². The highest BCUT2D eigenvalue weighted by Gasteiger charge is 2.19. The van der Waals surface area contributed by atoms with Crippen LogP contribution in [0.4, 0.5) is 5.82 Å². The van der Waals surface area contributed by atoms with Gasteiger partial charge in [0.15, 0.2) is 5.69 Å². The fourth-order valence-corrected chi connectivity index (χ4v) is 2.86. The Kier molecular flexibility index (Phi) is 6.77. The Balaban J connectivity index is 1.72. The highest BCUT2D eigenvalue weighted by Crippen LogP contribution is 2.16. The van der Waals surface area contributed by atoms with Gasteiger partial charge in [-0.1, -0.05) is 13.8 Å². The summed E-state index contributed by atoms with van der Waals surface area (Å²) in [5, 5.41) is 11.4. The molecule has 1 aliphatic rings. The van der Waals surface area contributed by atoms with Crippen LogP contribution in [-0.2, 0) is 4.74 Å². The van der Waals surface area contributed by atoms with Gasteiger partial charge in [0.05, 0.1) is 7.11 Å². The fraction of sp³-hybridized carbons (Fsp3) is 0.706. The Morgan fingerprint density at radius 3 is 2.65 bits per heavy atom. The lowest BCUT2D eigenvalue weighted by Gasteiger charge is -2.32. The van der Waals surface area contributed by atoms with Gasteiger partial charge in [-0.2, -0.15) is 0 Å². The van der Waals surface area contributed by atoms with Crippen molar-refractivity contribution >= 4 is 11.8 Å². The predicted octanol–water partition coefficient (Wildman–Crippen LogP) is 2.58. The third kappa shape index (κ3) is 5.78. The molecule has 0 aliphatic carbocycles. The molecule has 2 heterocycles. The first-order valence-corrected chi connectivity index (χ1v) is 8.49. The van der Waals surface area contributed by atoms with E-state index in [4.69, 9.17) is 0 Å². The van der Waals surface area contributed by atoms with Crippen molar-refractivity contribution in [3.63, 3.8) is 0 Å². The van der Waals surface area contributed by atoms with Crippen LogP contribution in [0.25, 0.3) is 0 Å². The summed E-state index contributed by atoms with van der Waals surface area (Å²) in [6.45, 7) is 8.02. The number of likely N-dealkylation sites (tertiary alicyclic amines) is 1. The van der Waals surface area contributed by atoms with Gasteiger partial charge >= 0.3 is 5.97 Å². The van der Waals surface area contributed by atoms with E-state index < -0.39 is 5.97 Å². The number of esters is 1. The molecule has 0 radical (unpaired) electrons. The molecule has 1 aromatic rings. The van der Waals surface area contributed by atoms with E-state index in [1.807, 2.05) is 0 Å². The molecule has 1 fully saturated rings. The molecule has 1 saturated heterocycles. The van der Waals surface area contributed by atoms with Crippen LogP contribution in [0.2, 0.25) is 0 Å². The molecular weight excluding hydrogens is 292 g/mol. The first-order valence-electron chi connectivity index (χ1n) is 8.49. The summed E-state index contributed by atoms with van der Waals surface area (Å²) in [7, 11) is 1.34. The first kappa shape index (κ1) is 17.7. The molecule has 0 unspecified atom stereocenters. The summed E-state index contributed by atoms with van der Waals surface area (Å²) in [5.41, 5.74) is 0.234. The molecule has 6 heteroatoms. The van der Waals surface area contributed by atoms with Gasteiger partial charge in [-0.05, 0) is 50.3 Å². The van der Waals surface area contributed by atoms with Crippen molar-refractivity contribution in [3.8, 4) is 0 Å². The van der Waals surface area contributed by atoms with E-state index in [1.54, 1.807) is 12.1 Å². The van der Waals surface area contributed by atoms with Crippen LogP contribution < -0.4 is 5.32 Å². The van der Waals surface area contributed by atoms with Crippen molar-refractivity contribution in [2.45, 2.75) is 45.6 Å². The van der Waals surface area contributed by atoms with Gasteiger partial charge in [0.2, 0.25) is 0 Å². The molecule has 0 aromatic carbocycles. The van der Waals surface area contributed by atoms with Gasteiger partial charge in [-0.15, -0.1) is 10.2 Å². The molecule has 23 heavy (non-hydrogen) atoms. The minimum Gasteiger partial charge on any atom is -0.464 e. The summed E-state index contributed by atoms with van der Waals surface area (Å²) >= 11 is 0. The Bertz CT molecular complexity index is 482. The SMILES string of the molecule is COC(=O)c1ccc(NC2CCN(CCCC(C)C)CC2)nn1. The van der Waals surface area contributed by atoms with Crippen molar-refractivity contribution in [2.75, 3.05) is 32.1 Å². The summed E-state index contributed by atoms with van der Waals surface area (Å²) in [6.07, 6.45) is 4.82. The molecular formula is C17H28N4O2. The minimum absolute atomic E-state index is 0.234. The molecule has 1 N–H and O–H groups in total. The smallest absolute Gasteiger partial charge is 0.358 e. The van der Waals surface area contributed by atoms with Gasteiger partial charge < -0.3 is 15.0 Å². The van der Waals surface area contributed by atoms with Crippen molar-refractivity contribution in [1.82, 2.24) is 15.1 Å². The average Bonchev–Trinajstić information content (AvgIpc) is 2.56. The zero-order valence-electron chi connectivity index (χ0n) is 14.4. The molecule has 0 amide bonds. The van der Waals surface area contributed by atoms with Crippen molar-refractivity contribution < 1.29 is 9.53 Å². The maximum atomic E-state index is 11.3. The number of nitrogens with one attached hydrogen (secondary N) is 1. The second-order valence-corrected chi connectivity index (χ2v) is 6.59. The number of hydrogen-bond acceptors (Lipinski definition) is 6. The van der Waals surface area contributed by atoms with Gasteiger partial charge in [0.25, 0.3) is 0 Å². The van der Waals surface area contributed by atoms with Gasteiger partial charge in [0.1, 0.15) is 5.82 Å². The highest BCUT2D eigenvalue weighted by molar-refractivity contribution is 5.86. The number of aromatic nitrogens is 2. The zero-order valence-corrected chi connectivity index (χ0v) is 14.4. The second kappa shape index (κ2) is 8.82. The Morgan fingerprint density at radius 2 is 2.09 bits per heavy atom. The fourth-order valence-electron chi connectivity index (χ4n) is 2.86. The number of piperidine rings is 1. The first-order chi connectivity index (χ1) is 11.1. The topological polar surface area (TPSA) is 67.3 Å². The maximum absolute atomic E-state index is 11.3. The lowest BCUT2D eigenvalue weighted by atomic mass is 10.0. The van der Waals surface area contributed by atoms with E-state index in [0.29, 0.717) is 6.04 Å². The molecule has 0 saturated carbocycles. The number of carbonyl (C=O) groups excluding carboxylic acids is 1. The molecule has 1 aliphatic heterocycles. The van der Waals surface area contributed by atoms with Crippen LogP contribution >= 0.6 is 0 Å². The number of carbonyl (C=O) groups is 1. The van der Waals surface area contributed by atoms with Crippen LogP contribution in [0, 0.1) is 5.92 Å². The van der Waals surface area contributed by atoms with Gasteiger partial charge in [0, 0.05) is 19.1 Å². The molecule has 0 bridgehead atoms. The number of hydrogen-bond donors (Lipinski definition) is 1. The molecule has 2 rings (SSSR count). The lowest BCUT2D eigenvalue weighted by Crippen LogP contribution is -2.39. The van der Waals surface area contributed by atoms with Gasteiger partial charge in [-0.3, -0.25) is 0 Å². The van der Waals surface area contributed by atoms with E-state index in [9.17, 15) is 4.79 Å². The minimum atomic E-state index is -0.459. The van der Waals surface area contributed by atoms with Crippen LogP contribution in [0.3, 0.4) is 0 Å².